The summed E-state index contributed by atoms with van der Waals surface area (Å²) in [5.74, 6) is 0. The van der Waals surface area contributed by atoms with E-state index in [0.29, 0.717) is 4.75 Å². The summed E-state index contributed by atoms with van der Waals surface area (Å²) in [6, 6.07) is 0. The van der Waals surface area contributed by atoms with Gasteiger partial charge in [0.05, 0.1) is 0 Å². The summed E-state index contributed by atoms with van der Waals surface area (Å²) < 4.78 is 4.21. The van der Waals surface area contributed by atoms with Crippen molar-refractivity contribution in [2.24, 2.45) is 0 Å². The molecule has 2 nitrogen and oxygen atoms in total. The predicted octanol–water partition coefficient (Wildman–Crippen LogP) is 5.55. The number of rotatable bonds is 10. The molecule has 0 aliphatic rings. The molecule has 4 heteroatoms. The number of hydrogen-bond acceptors (Lipinski definition) is 4. The van der Waals surface area contributed by atoms with E-state index in [4.69, 9.17) is 0 Å². The minimum Gasteiger partial charge on any atom is -0.132 e. The fourth-order valence-electron chi connectivity index (χ4n) is 2.04. The summed E-state index contributed by atoms with van der Waals surface area (Å²) in [5, 5.41) is 7.23. The molecule has 18 heavy (non-hydrogen) atoms. The normalized spacial score (nSPS) is 11.9. The zero-order valence-corrected chi connectivity index (χ0v) is 13.6. The summed E-state index contributed by atoms with van der Waals surface area (Å²) in [5.41, 5.74) is 0. The van der Waals surface area contributed by atoms with Crippen LogP contribution in [-0.4, -0.2) is 14.3 Å². The highest BCUT2D eigenvalue weighted by Crippen LogP contribution is 2.35. The molecule has 0 spiro atoms. The molecule has 1 aromatic rings. The Bertz CT molecular complexity index is 297. The topological polar surface area (TPSA) is 25.8 Å². The molecular formula is C14H26N2S2. The molecule has 0 atom stereocenters. The maximum Gasteiger partial charge on any atom is 0.132 e. The average molecular weight is 287 g/mol. The van der Waals surface area contributed by atoms with Gasteiger partial charge in [0.15, 0.2) is 0 Å². The van der Waals surface area contributed by atoms with Crippen LogP contribution in [0.1, 0.15) is 72.1 Å². The SMILES string of the molecule is CCCCCCCCCC(C)(C)Sc1csnn1. The molecule has 1 heterocycles. The van der Waals surface area contributed by atoms with E-state index in [0.717, 1.165) is 5.03 Å². The van der Waals surface area contributed by atoms with Gasteiger partial charge in [0.25, 0.3) is 0 Å². The monoisotopic (exact) mass is 286 g/mol. The zero-order chi connectivity index (χ0) is 13.3. The van der Waals surface area contributed by atoms with Crippen molar-refractivity contribution in [3.05, 3.63) is 5.38 Å². The zero-order valence-electron chi connectivity index (χ0n) is 11.9. The maximum atomic E-state index is 4.11. The molecule has 1 rings (SSSR count). The molecule has 1 aromatic heterocycles. The lowest BCUT2D eigenvalue weighted by Gasteiger charge is -2.22. The van der Waals surface area contributed by atoms with Gasteiger partial charge < -0.3 is 0 Å². The standard InChI is InChI=1S/C14H26N2S2/c1-4-5-6-7-8-9-10-11-14(2,3)18-13-12-17-16-15-13/h12H,4-11H2,1-3H3. The highest BCUT2D eigenvalue weighted by Gasteiger charge is 2.20. The summed E-state index contributed by atoms with van der Waals surface area (Å²) in [6.07, 6.45) is 11.0. The molecule has 0 amide bonds. The second-order valence-electron chi connectivity index (χ2n) is 5.48. The van der Waals surface area contributed by atoms with E-state index >= 15 is 0 Å². The first kappa shape index (κ1) is 16.0. The summed E-state index contributed by atoms with van der Waals surface area (Å²) in [4.78, 5) is 0. The Morgan fingerprint density at radius 2 is 1.78 bits per heavy atom. The Kier molecular flexibility index (Phi) is 7.91. The molecule has 0 unspecified atom stereocenters. The molecule has 0 N–H and O–H groups in total. The minimum absolute atomic E-state index is 0.291. The first-order valence-corrected chi connectivity index (χ1v) is 8.75. The quantitative estimate of drug-likeness (QED) is 0.416. The smallest absolute Gasteiger partial charge is 0.132 e. The first-order valence-electron chi connectivity index (χ1n) is 7.10. The van der Waals surface area contributed by atoms with E-state index < -0.39 is 0 Å². The number of nitrogens with zero attached hydrogens (tertiary/aromatic N) is 2. The second-order valence-corrected chi connectivity index (χ2v) is 7.81. The van der Waals surface area contributed by atoms with Gasteiger partial charge in [-0.1, -0.05) is 82.0 Å². The van der Waals surface area contributed by atoms with Crippen molar-refractivity contribution in [1.82, 2.24) is 9.59 Å². The van der Waals surface area contributed by atoms with Gasteiger partial charge in [-0.25, -0.2) is 0 Å². The third kappa shape index (κ3) is 7.37. The molecule has 104 valence electrons. The minimum atomic E-state index is 0.291. The molecule has 0 aromatic carbocycles. The van der Waals surface area contributed by atoms with Crippen molar-refractivity contribution in [3.8, 4) is 0 Å². The van der Waals surface area contributed by atoms with E-state index in [1.54, 1.807) is 0 Å². The van der Waals surface area contributed by atoms with Crippen LogP contribution in [0.5, 0.6) is 0 Å². The second kappa shape index (κ2) is 8.92. The van der Waals surface area contributed by atoms with Crippen LogP contribution < -0.4 is 0 Å². The number of unbranched alkanes of at least 4 members (excludes halogenated alkanes) is 6. The summed E-state index contributed by atoms with van der Waals surface area (Å²) >= 11 is 3.30. The van der Waals surface area contributed by atoms with E-state index in [2.05, 4.69) is 30.4 Å². The number of aromatic nitrogens is 2. The Morgan fingerprint density at radius 3 is 2.39 bits per heavy atom. The number of hydrogen-bond donors (Lipinski definition) is 0. The van der Waals surface area contributed by atoms with Crippen LogP contribution in [-0.2, 0) is 0 Å². The van der Waals surface area contributed by atoms with Crippen molar-refractivity contribution >= 4 is 23.3 Å². The van der Waals surface area contributed by atoms with Gasteiger partial charge in [-0.3, -0.25) is 0 Å². The van der Waals surface area contributed by atoms with E-state index in [1.165, 1.54) is 62.9 Å². The summed E-state index contributed by atoms with van der Waals surface area (Å²) in [7, 11) is 0. The van der Waals surface area contributed by atoms with Crippen molar-refractivity contribution in [3.63, 3.8) is 0 Å². The number of thioether (sulfide) groups is 1. The lowest BCUT2D eigenvalue weighted by Crippen LogP contribution is -2.14. The van der Waals surface area contributed by atoms with Gasteiger partial charge in [-0.05, 0) is 18.0 Å². The van der Waals surface area contributed by atoms with Crippen molar-refractivity contribution in [1.29, 1.82) is 0 Å². The summed E-state index contributed by atoms with van der Waals surface area (Å²) in [6.45, 7) is 6.90. The predicted molar refractivity (Wildman–Crippen MR) is 82.5 cm³/mol. The van der Waals surface area contributed by atoms with Crippen LogP contribution in [0.15, 0.2) is 10.4 Å². The van der Waals surface area contributed by atoms with Crippen LogP contribution >= 0.6 is 23.3 Å². The van der Waals surface area contributed by atoms with Crippen LogP contribution in [0, 0.1) is 0 Å². The van der Waals surface area contributed by atoms with Gasteiger partial charge in [0.1, 0.15) is 5.03 Å². The lowest BCUT2D eigenvalue weighted by atomic mass is 10.0. The van der Waals surface area contributed by atoms with Gasteiger partial charge in [0.2, 0.25) is 0 Å². The van der Waals surface area contributed by atoms with Gasteiger partial charge >= 0.3 is 0 Å². The fraction of sp³-hybridized carbons (Fsp3) is 0.857. The Morgan fingerprint density at radius 1 is 1.11 bits per heavy atom. The van der Waals surface area contributed by atoms with E-state index in [9.17, 15) is 0 Å². The molecule has 0 saturated carbocycles. The van der Waals surface area contributed by atoms with E-state index in [-0.39, 0.29) is 0 Å². The Hall–Kier alpha value is -0.0900. The molecule has 0 radical (unpaired) electrons. The van der Waals surface area contributed by atoms with Crippen molar-refractivity contribution in [2.45, 2.75) is 81.9 Å². The first-order chi connectivity index (χ1) is 8.64. The van der Waals surface area contributed by atoms with Gasteiger partial charge in [0, 0.05) is 10.1 Å². The van der Waals surface area contributed by atoms with Gasteiger partial charge in [-0.15, -0.1) is 5.10 Å². The Labute approximate surface area is 120 Å². The molecule has 0 aliphatic carbocycles. The molecular weight excluding hydrogens is 260 g/mol. The molecule has 0 saturated heterocycles. The maximum absolute atomic E-state index is 4.11. The van der Waals surface area contributed by atoms with Crippen LogP contribution in [0.25, 0.3) is 0 Å². The highest BCUT2D eigenvalue weighted by atomic mass is 32.2. The van der Waals surface area contributed by atoms with Crippen LogP contribution in [0.2, 0.25) is 0 Å². The third-order valence-corrected chi connectivity index (χ3v) is 4.92. The largest absolute Gasteiger partial charge is 0.132 e. The van der Waals surface area contributed by atoms with Gasteiger partial charge in [-0.2, -0.15) is 0 Å². The van der Waals surface area contributed by atoms with Crippen molar-refractivity contribution in [2.75, 3.05) is 0 Å². The lowest BCUT2D eigenvalue weighted by molar-refractivity contribution is 0.536. The highest BCUT2D eigenvalue weighted by molar-refractivity contribution is 8.00. The molecule has 0 aliphatic heterocycles. The molecule has 0 bridgehead atoms. The van der Waals surface area contributed by atoms with Crippen molar-refractivity contribution < 1.29 is 0 Å². The Balaban J connectivity index is 2.06. The molecule has 0 fully saturated rings. The van der Waals surface area contributed by atoms with E-state index in [1.807, 2.05) is 17.1 Å². The van der Waals surface area contributed by atoms with Crippen LogP contribution in [0.4, 0.5) is 0 Å². The fourth-order valence-corrected chi connectivity index (χ4v) is 3.63. The average Bonchev–Trinajstić information content (AvgIpc) is 2.80. The third-order valence-electron chi connectivity index (χ3n) is 3.10. The van der Waals surface area contributed by atoms with Crippen LogP contribution in [0.3, 0.4) is 0 Å².